The van der Waals surface area contributed by atoms with Crippen molar-refractivity contribution in [3.8, 4) is 0 Å². The van der Waals surface area contributed by atoms with Crippen LogP contribution >= 0.6 is 11.3 Å². The van der Waals surface area contributed by atoms with Gasteiger partial charge in [0.1, 0.15) is 23.6 Å². The number of nitrogens with zero attached hydrogens (tertiary/aromatic N) is 2. The van der Waals surface area contributed by atoms with Crippen LogP contribution in [0, 0.1) is 6.92 Å². The number of carbonyl (C=O) groups excluding carboxylic acids is 1. The zero-order valence-corrected chi connectivity index (χ0v) is 15.7. The molecule has 0 aliphatic rings. The lowest BCUT2D eigenvalue weighted by Crippen LogP contribution is -2.06. The van der Waals surface area contributed by atoms with Crippen LogP contribution in [0.3, 0.4) is 0 Å². The van der Waals surface area contributed by atoms with Gasteiger partial charge in [-0.2, -0.15) is 0 Å². The molecule has 2 aromatic heterocycles. The van der Waals surface area contributed by atoms with E-state index in [1.807, 2.05) is 30.3 Å². The molecule has 136 valence electrons. The number of benzene rings is 1. The zero-order chi connectivity index (χ0) is 18.2. The zero-order valence-electron chi connectivity index (χ0n) is 14.9. The number of nitrogens with one attached hydrogen (secondary N) is 1. The van der Waals surface area contributed by atoms with Gasteiger partial charge in [-0.3, -0.25) is 4.79 Å². The highest BCUT2D eigenvalue weighted by Gasteiger charge is 2.08. The Morgan fingerprint density at radius 1 is 1.15 bits per heavy atom. The van der Waals surface area contributed by atoms with Crippen molar-refractivity contribution in [3.63, 3.8) is 0 Å². The van der Waals surface area contributed by atoms with E-state index >= 15 is 0 Å². The first-order chi connectivity index (χ1) is 12.7. The number of carbonyl (C=O) groups is 1. The average molecular weight is 369 g/mol. The monoisotopic (exact) mass is 369 g/mol. The molecule has 2 heterocycles. The van der Waals surface area contributed by atoms with Crippen LogP contribution in [0.2, 0.25) is 0 Å². The largest absolute Gasteiger partial charge is 0.461 e. The van der Waals surface area contributed by atoms with Crippen LogP contribution in [0.4, 0.5) is 5.82 Å². The van der Waals surface area contributed by atoms with Crippen LogP contribution in [0.15, 0.2) is 42.0 Å². The lowest BCUT2D eigenvalue weighted by atomic mass is 10.2. The fourth-order valence-corrected chi connectivity index (χ4v) is 3.63. The molecular weight excluding hydrogens is 346 g/mol. The lowest BCUT2D eigenvalue weighted by molar-refractivity contribution is -0.145. The maximum absolute atomic E-state index is 11.8. The third-order valence-corrected chi connectivity index (χ3v) is 5.15. The van der Waals surface area contributed by atoms with Crippen molar-refractivity contribution in [1.82, 2.24) is 9.97 Å². The van der Waals surface area contributed by atoms with Gasteiger partial charge >= 0.3 is 5.97 Å². The summed E-state index contributed by atoms with van der Waals surface area (Å²) in [5.41, 5.74) is 2.22. The van der Waals surface area contributed by atoms with Gasteiger partial charge in [-0.25, -0.2) is 9.97 Å². The normalized spacial score (nSPS) is 10.8. The van der Waals surface area contributed by atoms with Gasteiger partial charge in [-0.05, 0) is 36.3 Å². The molecule has 0 amide bonds. The molecule has 0 radical (unpaired) electrons. The Balaban J connectivity index is 1.32. The first-order valence-electron chi connectivity index (χ1n) is 8.86. The highest BCUT2D eigenvalue weighted by molar-refractivity contribution is 7.17. The number of anilines is 1. The van der Waals surface area contributed by atoms with Gasteiger partial charge in [0.25, 0.3) is 0 Å². The second-order valence-corrected chi connectivity index (χ2v) is 7.06. The van der Waals surface area contributed by atoms with E-state index in [-0.39, 0.29) is 5.97 Å². The molecule has 0 unspecified atom stereocenters. The van der Waals surface area contributed by atoms with Crippen LogP contribution in [0.25, 0.3) is 10.2 Å². The van der Waals surface area contributed by atoms with E-state index in [4.69, 9.17) is 4.74 Å². The van der Waals surface area contributed by atoms with Crippen molar-refractivity contribution in [3.05, 3.63) is 53.2 Å². The van der Waals surface area contributed by atoms with Gasteiger partial charge in [-0.15, -0.1) is 11.3 Å². The summed E-state index contributed by atoms with van der Waals surface area (Å²) in [5, 5.41) is 6.60. The van der Waals surface area contributed by atoms with Gasteiger partial charge in [0.05, 0.1) is 5.39 Å². The summed E-state index contributed by atoms with van der Waals surface area (Å²) in [7, 11) is 0. The summed E-state index contributed by atoms with van der Waals surface area (Å²) < 4.78 is 5.29. The molecule has 6 heteroatoms. The molecular formula is C20H23N3O2S. The first-order valence-corrected chi connectivity index (χ1v) is 9.74. The van der Waals surface area contributed by atoms with E-state index in [1.54, 1.807) is 17.7 Å². The topological polar surface area (TPSA) is 64.1 Å². The number of fused-ring (bicyclic) bond motifs is 1. The lowest BCUT2D eigenvalue weighted by Gasteiger charge is -2.07. The summed E-state index contributed by atoms with van der Waals surface area (Å²) >= 11 is 1.64. The second-order valence-electron chi connectivity index (χ2n) is 6.20. The SMILES string of the molecule is Cc1csc2ncnc(NCCCCCC(=O)OCc3ccccc3)c12. The summed E-state index contributed by atoms with van der Waals surface area (Å²) in [4.78, 5) is 21.4. The summed E-state index contributed by atoms with van der Waals surface area (Å²) in [6.45, 7) is 3.26. The Kier molecular flexibility index (Phi) is 6.55. The maximum Gasteiger partial charge on any atom is 0.306 e. The Bertz CT molecular complexity index is 849. The molecule has 3 aromatic rings. The van der Waals surface area contributed by atoms with E-state index in [1.165, 1.54) is 5.56 Å². The summed E-state index contributed by atoms with van der Waals surface area (Å²) in [6, 6.07) is 9.75. The number of hydrogen-bond acceptors (Lipinski definition) is 6. The average Bonchev–Trinajstić information content (AvgIpc) is 3.05. The molecule has 0 atom stereocenters. The van der Waals surface area contributed by atoms with Crippen LogP contribution in [0.5, 0.6) is 0 Å². The minimum absolute atomic E-state index is 0.131. The van der Waals surface area contributed by atoms with Crippen molar-refractivity contribution in [2.45, 2.75) is 39.2 Å². The van der Waals surface area contributed by atoms with Crippen molar-refractivity contribution >= 4 is 33.3 Å². The molecule has 0 bridgehead atoms. The number of unbranched alkanes of at least 4 members (excludes halogenated alkanes) is 2. The molecule has 0 fully saturated rings. The standard InChI is InChI=1S/C20H23N3O2S/c1-15-13-26-20-18(15)19(22-14-23-20)21-11-7-3-6-10-17(24)25-12-16-8-4-2-5-9-16/h2,4-5,8-9,13-14H,3,6-7,10-12H2,1H3,(H,21,22,23). The third kappa shape index (κ3) is 5.02. The fraction of sp³-hybridized carbons (Fsp3) is 0.350. The molecule has 0 spiro atoms. The quantitative estimate of drug-likeness (QED) is 0.437. The number of rotatable bonds is 9. The number of hydrogen-bond donors (Lipinski definition) is 1. The molecule has 5 nitrogen and oxygen atoms in total. The van der Waals surface area contributed by atoms with E-state index < -0.39 is 0 Å². The second kappa shape index (κ2) is 9.29. The number of ether oxygens (including phenoxy) is 1. The minimum Gasteiger partial charge on any atom is -0.461 e. The molecule has 0 aliphatic heterocycles. The highest BCUT2D eigenvalue weighted by atomic mass is 32.1. The van der Waals surface area contributed by atoms with Crippen molar-refractivity contribution in [2.75, 3.05) is 11.9 Å². The number of esters is 1. The molecule has 3 rings (SSSR count). The van der Waals surface area contributed by atoms with Crippen LogP contribution in [0.1, 0.15) is 36.8 Å². The van der Waals surface area contributed by atoms with Crippen LogP contribution < -0.4 is 5.32 Å². The van der Waals surface area contributed by atoms with E-state index in [0.717, 1.165) is 47.4 Å². The summed E-state index contributed by atoms with van der Waals surface area (Å²) in [5.74, 6) is 0.768. The molecule has 1 N–H and O–H groups in total. The number of thiophene rings is 1. The van der Waals surface area contributed by atoms with Gasteiger partial charge in [0, 0.05) is 13.0 Å². The van der Waals surface area contributed by atoms with Crippen molar-refractivity contribution < 1.29 is 9.53 Å². The maximum atomic E-state index is 11.8. The molecule has 0 saturated heterocycles. The first kappa shape index (κ1) is 18.3. The molecule has 26 heavy (non-hydrogen) atoms. The van der Waals surface area contributed by atoms with E-state index in [0.29, 0.717) is 13.0 Å². The Morgan fingerprint density at radius 3 is 2.85 bits per heavy atom. The van der Waals surface area contributed by atoms with Gasteiger partial charge in [0.15, 0.2) is 0 Å². The fourth-order valence-electron chi connectivity index (χ4n) is 2.74. The third-order valence-electron chi connectivity index (χ3n) is 4.15. The number of aryl methyl sites for hydroxylation is 1. The Labute approximate surface area is 157 Å². The summed E-state index contributed by atoms with van der Waals surface area (Å²) in [6.07, 6.45) is 4.87. The van der Waals surface area contributed by atoms with Gasteiger partial charge in [-0.1, -0.05) is 36.8 Å². The smallest absolute Gasteiger partial charge is 0.306 e. The van der Waals surface area contributed by atoms with Gasteiger partial charge in [0.2, 0.25) is 0 Å². The molecule has 0 saturated carbocycles. The van der Waals surface area contributed by atoms with Crippen molar-refractivity contribution in [1.29, 1.82) is 0 Å². The Hall–Kier alpha value is -2.47. The predicted octanol–water partition coefficient (Wildman–Crippen LogP) is 4.72. The van der Waals surface area contributed by atoms with Crippen LogP contribution in [-0.2, 0) is 16.1 Å². The highest BCUT2D eigenvalue weighted by Crippen LogP contribution is 2.28. The predicted molar refractivity (Wildman–Crippen MR) is 105 cm³/mol. The van der Waals surface area contributed by atoms with E-state index in [2.05, 4.69) is 27.6 Å². The van der Waals surface area contributed by atoms with Crippen molar-refractivity contribution in [2.24, 2.45) is 0 Å². The van der Waals surface area contributed by atoms with E-state index in [9.17, 15) is 4.79 Å². The Morgan fingerprint density at radius 2 is 2.00 bits per heavy atom. The number of aromatic nitrogens is 2. The van der Waals surface area contributed by atoms with Crippen LogP contribution in [-0.4, -0.2) is 22.5 Å². The molecule has 1 aromatic carbocycles. The molecule has 0 aliphatic carbocycles. The van der Waals surface area contributed by atoms with Gasteiger partial charge < -0.3 is 10.1 Å². The minimum atomic E-state index is -0.131.